The molecule has 1 amide bonds. The Labute approximate surface area is 160 Å². The smallest absolute Gasteiger partial charge is 0.255 e. The van der Waals surface area contributed by atoms with Gasteiger partial charge >= 0.3 is 0 Å². The molecule has 2 heterocycles. The van der Waals surface area contributed by atoms with Crippen LogP contribution in [0.3, 0.4) is 0 Å². The van der Waals surface area contributed by atoms with Crippen LogP contribution < -0.4 is 4.74 Å². The van der Waals surface area contributed by atoms with E-state index in [1.165, 1.54) is 4.88 Å². The highest BCUT2D eigenvalue weighted by atomic mass is 79.9. The third kappa shape index (κ3) is 4.63. The predicted octanol–water partition coefficient (Wildman–Crippen LogP) is 4.38. The number of carbonyl (C=O) groups is 1. The second-order valence-electron chi connectivity index (χ2n) is 6.02. The van der Waals surface area contributed by atoms with Crippen molar-refractivity contribution in [3.05, 3.63) is 50.6 Å². The van der Waals surface area contributed by atoms with Gasteiger partial charge in [0.1, 0.15) is 5.75 Å². The SMILES string of the molecule is COc1ccc(Br)c(C(=O)N(CCc2cccs2)C2CCOCC2)c1. The average molecular weight is 424 g/mol. The van der Waals surface area contributed by atoms with E-state index in [1.54, 1.807) is 18.4 Å². The average Bonchev–Trinajstić information content (AvgIpc) is 3.16. The van der Waals surface area contributed by atoms with Crippen LogP contribution >= 0.6 is 27.3 Å². The van der Waals surface area contributed by atoms with Crippen molar-refractivity contribution in [3.63, 3.8) is 0 Å². The first-order valence-electron chi connectivity index (χ1n) is 8.43. The van der Waals surface area contributed by atoms with Gasteiger partial charge in [0, 0.05) is 35.2 Å². The van der Waals surface area contributed by atoms with Gasteiger partial charge in [-0.3, -0.25) is 4.79 Å². The summed E-state index contributed by atoms with van der Waals surface area (Å²) in [5.74, 6) is 0.742. The van der Waals surface area contributed by atoms with Crippen LogP contribution in [0.4, 0.5) is 0 Å². The molecule has 1 aromatic heterocycles. The Morgan fingerprint density at radius 1 is 1.36 bits per heavy atom. The van der Waals surface area contributed by atoms with Crippen LogP contribution in [0.2, 0.25) is 0 Å². The summed E-state index contributed by atoms with van der Waals surface area (Å²) in [5, 5.41) is 2.08. The standard InChI is InChI=1S/C19H22BrNO3S/c1-23-15-4-5-18(20)17(13-15)19(22)21(14-7-10-24-11-8-14)9-6-16-3-2-12-25-16/h2-5,12-14H,6-11H2,1H3. The summed E-state index contributed by atoms with van der Waals surface area (Å²) in [5.41, 5.74) is 0.650. The van der Waals surface area contributed by atoms with Crippen molar-refractivity contribution in [1.82, 2.24) is 4.90 Å². The molecule has 25 heavy (non-hydrogen) atoms. The van der Waals surface area contributed by atoms with Crippen molar-refractivity contribution in [2.24, 2.45) is 0 Å². The Hall–Kier alpha value is -1.37. The number of halogens is 1. The quantitative estimate of drug-likeness (QED) is 0.691. The topological polar surface area (TPSA) is 38.8 Å². The van der Waals surface area contributed by atoms with Gasteiger partial charge in [-0.15, -0.1) is 11.3 Å². The summed E-state index contributed by atoms with van der Waals surface area (Å²) in [4.78, 5) is 16.6. The first kappa shape index (κ1) is 18.4. The van der Waals surface area contributed by atoms with E-state index in [0.29, 0.717) is 31.1 Å². The van der Waals surface area contributed by atoms with Crippen molar-refractivity contribution >= 4 is 33.2 Å². The predicted molar refractivity (Wildman–Crippen MR) is 104 cm³/mol. The van der Waals surface area contributed by atoms with Crippen molar-refractivity contribution in [3.8, 4) is 5.75 Å². The zero-order valence-electron chi connectivity index (χ0n) is 14.2. The summed E-state index contributed by atoms with van der Waals surface area (Å²) >= 11 is 5.25. The zero-order chi connectivity index (χ0) is 17.6. The van der Waals surface area contributed by atoms with Gasteiger partial charge < -0.3 is 14.4 Å². The van der Waals surface area contributed by atoms with E-state index in [2.05, 4.69) is 33.4 Å². The molecule has 1 saturated heterocycles. The molecule has 0 atom stereocenters. The monoisotopic (exact) mass is 423 g/mol. The molecule has 1 aliphatic heterocycles. The van der Waals surface area contributed by atoms with Crippen LogP contribution in [-0.4, -0.2) is 43.7 Å². The highest BCUT2D eigenvalue weighted by Gasteiger charge is 2.27. The molecule has 0 bridgehead atoms. The second kappa shape index (κ2) is 8.83. The minimum atomic E-state index is 0.0502. The number of rotatable bonds is 6. The summed E-state index contributed by atoms with van der Waals surface area (Å²) in [6.07, 6.45) is 2.65. The lowest BCUT2D eigenvalue weighted by Crippen LogP contribution is -2.44. The number of methoxy groups -OCH3 is 1. The molecule has 0 saturated carbocycles. The lowest BCUT2D eigenvalue weighted by Gasteiger charge is -2.34. The molecule has 2 aromatic rings. The minimum absolute atomic E-state index is 0.0502. The van der Waals surface area contributed by atoms with Crippen LogP contribution in [0.15, 0.2) is 40.2 Å². The number of benzene rings is 1. The molecule has 1 aromatic carbocycles. The number of nitrogens with zero attached hydrogens (tertiary/aromatic N) is 1. The normalized spacial score (nSPS) is 15.1. The molecule has 4 nitrogen and oxygen atoms in total. The summed E-state index contributed by atoms with van der Waals surface area (Å²) < 4.78 is 11.6. The van der Waals surface area contributed by atoms with Crippen molar-refractivity contribution in [2.75, 3.05) is 26.9 Å². The van der Waals surface area contributed by atoms with E-state index in [0.717, 1.165) is 23.7 Å². The van der Waals surface area contributed by atoms with E-state index in [-0.39, 0.29) is 11.9 Å². The Bertz CT molecular complexity index is 699. The molecule has 0 radical (unpaired) electrons. The zero-order valence-corrected chi connectivity index (χ0v) is 16.6. The largest absolute Gasteiger partial charge is 0.497 e. The minimum Gasteiger partial charge on any atom is -0.497 e. The molecule has 0 spiro atoms. The Morgan fingerprint density at radius 2 is 2.16 bits per heavy atom. The molecule has 1 aliphatic rings. The van der Waals surface area contributed by atoms with Gasteiger partial charge in [0.2, 0.25) is 0 Å². The third-order valence-electron chi connectivity index (χ3n) is 4.48. The fourth-order valence-corrected chi connectivity index (χ4v) is 4.20. The lowest BCUT2D eigenvalue weighted by atomic mass is 10.0. The molecular weight excluding hydrogens is 402 g/mol. The first-order valence-corrected chi connectivity index (χ1v) is 10.1. The summed E-state index contributed by atoms with van der Waals surface area (Å²) in [6, 6.07) is 9.93. The Kier molecular flexibility index (Phi) is 6.51. The maximum Gasteiger partial charge on any atom is 0.255 e. The number of carbonyl (C=O) groups excluding carboxylic acids is 1. The van der Waals surface area contributed by atoms with Gasteiger partial charge in [-0.2, -0.15) is 0 Å². The number of thiophene rings is 1. The van der Waals surface area contributed by atoms with E-state index >= 15 is 0 Å². The van der Waals surface area contributed by atoms with Gasteiger partial charge in [-0.25, -0.2) is 0 Å². The molecule has 6 heteroatoms. The Balaban J connectivity index is 1.82. The summed E-state index contributed by atoms with van der Waals surface area (Å²) in [6.45, 7) is 2.15. The van der Waals surface area contributed by atoms with Gasteiger partial charge in [0.15, 0.2) is 0 Å². The Morgan fingerprint density at radius 3 is 2.84 bits per heavy atom. The van der Waals surface area contributed by atoms with Crippen molar-refractivity contribution in [1.29, 1.82) is 0 Å². The van der Waals surface area contributed by atoms with Crippen LogP contribution in [0, 0.1) is 0 Å². The van der Waals surface area contributed by atoms with E-state index in [9.17, 15) is 4.79 Å². The third-order valence-corrected chi connectivity index (χ3v) is 6.10. The van der Waals surface area contributed by atoms with Crippen LogP contribution in [0.5, 0.6) is 5.75 Å². The molecular formula is C19H22BrNO3S. The van der Waals surface area contributed by atoms with Crippen LogP contribution in [0.25, 0.3) is 0 Å². The van der Waals surface area contributed by atoms with Gasteiger partial charge in [0.05, 0.1) is 12.7 Å². The van der Waals surface area contributed by atoms with Crippen molar-refractivity contribution in [2.45, 2.75) is 25.3 Å². The maximum absolute atomic E-state index is 13.3. The number of amides is 1. The molecule has 134 valence electrons. The fourth-order valence-electron chi connectivity index (χ4n) is 3.08. The highest BCUT2D eigenvalue weighted by Crippen LogP contribution is 2.26. The van der Waals surface area contributed by atoms with Gasteiger partial charge in [-0.1, -0.05) is 6.07 Å². The van der Waals surface area contributed by atoms with Crippen molar-refractivity contribution < 1.29 is 14.3 Å². The lowest BCUT2D eigenvalue weighted by molar-refractivity contribution is 0.0293. The fraction of sp³-hybridized carbons (Fsp3) is 0.421. The van der Waals surface area contributed by atoms with Crippen LogP contribution in [0.1, 0.15) is 28.1 Å². The highest BCUT2D eigenvalue weighted by molar-refractivity contribution is 9.10. The summed E-state index contributed by atoms with van der Waals surface area (Å²) in [7, 11) is 1.62. The molecule has 0 N–H and O–H groups in total. The molecule has 0 aliphatic carbocycles. The van der Waals surface area contributed by atoms with E-state index in [4.69, 9.17) is 9.47 Å². The molecule has 3 rings (SSSR count). The van der Waals surface area contributed by atoms with Gasteiger partial charge in [-0.05, 0) is 64.8 Å². The molecule has 1 fully saturated rings. The number of hydrogen-bond donors (Lipinski definition) is 0. The maximum atomic E-state index is 13.3. The first-order chi connectivity index (χ1) is 12.2. The number of hydrogen-bond acceptors (Lipinski definition) is 4. The van der Waals surface area contributed by atoms with Crippen LogP contribution in [-0.2, 0) is 11.2 Å². The molecule has 0 unspecified atom stereocenters. The van der Waals surface area contributed by atoms with Gasteiger partial charge in [0.25, 0.3) is 5.91 Å². The van der Waals surface area contributed by atoms with E-state index < -0.39 is 0 Å². The van der Waals surface area contributed by atoms with E-state index in [1.807, 2.05) is 23.1 Å². The second-order valence-corrected chi connectivity index (χ2v) is 7.90. The number of ether oxygens (including phenoxy) is 2.